The first-order chi connectivity index (χ1) is 20.5. The molecule has 2 aromatic heterocycles. The van der Waals surface area contributed by atoms with Crippen molar-refractivity contribution in [1.82, 2.24) is 15.3 Å². The highest BCUT2D eigenvalue weighted by Crippen LogP contribution is 2.29. The van der Waals surface area contributed by atoms with Crippen LogP contribution in [0.25, 0.3) is 11.1 Å². The first-order valence-electron chi connectivity index (χ1n) is 12.8. The molecule has 1 aromatic carbocycles. The zero-order valence-electron chi connectivity index (χ0n) is 23.6. The fourth-order valence-electron chi connectivity index (χ4n) is 3.39. The number of pyridine rings is 1. The Balaban J connectivity index is 0.000000435. The van der Waals surface area contributed by atoms with Crippen molar-refractivity contribution < 1.29 is 9.53 Å². The van der Waals surface area contributed by atoms with Crippen LogP contribution in [0.5, 0.6) is 5.88 Å². The second-order valence-corrected chi connectivity index (χ2v) is 9.50. The molecule has 0 aliphatic heterocycles. The number of hydrogen-bond acceptors (Lipinski definition) is 6. The third-order valence-electron chi connectivity index (χ3n) is 5.21. The Labute approximate surface area is 250 Å². The number of carbonyl (C=O) groups excluding carboxylic acids is 1. The van der Waals surface area contributed by atoms with E-state index in [1.165, 1.54) is 11.8 Å². The molecule has 0 saturated heterocycles. The minimum Gasteiger partial charge on any atom is -0.469 e. The van der Waals surface area contributed by atoms with E-state index >= 15 is 0 Å². The second-order valence-electron chi connectivity index (χ2n) is 8.21. The topological polar surface area (TPSA) is 87.9 Å². The molecule has 42 heavy (non-hydrogen) atoms. The van der Waals surface area contributed by atoms with E-state index in [0.29, 0.717) is 18.0 Å². The summed E-state index contributed by atoms with van der Waals surface area (Å²) >= 11 is 1.60. The summed E-state index contributed by atoms with van der Waals surface area (Å²) in [6, 6.07) is 13.8. The van der Waals surface area contributed by atoms with Gasteiger partial charge in [0.2, 0.25) is 11.8 Å². The fraction of sp³-hybridized carbons (Fsp3) is 0.200. The lowest BCUT2D eigenvalue weighted by molar-refractivity contribution is -0.118. The summed E-state index contributed by atoms with van der Waals surface area (Å²) in [4.78, 5) is 21.0. The molecule has 0 aliphatic carbocycles. The zero-order chi connectivity index (χ0) is 30.4. The second kappa shape index (κ2) is 19.4. The predicted octanol–water partition coefficient (Wildman–Crippen LogP) is 6.78. The summed E-state index contributed by atoms with van der Waals surface area (Å²) in [5.74, 6) is 0.324. The number of aromatic nitrogens is 2. The number of rotatable bonds is 9. The van der Waals surface area contributed by atoms with Gasteiger partial charge >= 0.3 is 0 Å². The Kier molecular flexibility index (Phi) is 15.0. The molecule has 3 rings (SSSR count). The highest BCUT2D eigenvalue weighted by molar-refractivity contribution is 7.11. The van der Waals surface area contributed by atoms with Gasteiger partial charge in [-0.05, 0) is 96.8 Å². The van der Waals surface area contributed by atoms with Crippen molar-refractivity contribution >= 4 is 17.2 Å². The van der Waals surface area contributed by atoms with Crippen LogP contribution in [0.1, 0.15) is 40.9 Å². The van der Waals surface area contributed by atoms with Crippen LogP contribution in [-0.2, 0) is 17.8 Å². The Morgan fingerprint density at radius 2 is 1.62 bits per heavy atom. The van der Waals surface area contributed by atoms with E-state index in [2.05, 4.69) is 98.7 Å². The molecule has 1 amide bonds. The van der Waals surface area contributed by atoms with E-state index in [1.807, 2.05) is 36.4 Å². The molecule has 0 aliphatic rings. The Hall–Kier alpha value is -5.70. The molecule has 0 atom stereocenters. The lowest BCUT2D eigenvalue weighted by atomic mass is 10.0. The van der Waals surface area contributed by atoms with Gasteiger partial charge in [0.25, 0.3) is 0 Å². The van der Waals surface area contributed by atoms with Crippen molar-refractivity contribution in [2.24, 2.45) is 0 Å². The van der Waals surface area contributed by atoms with Crippen LogP contribution in [-0.4, -0.2) is 22.4 Å². The van der Waals surface area contributed by atoms with E-state index in [0.717, 1.165) is 41.1 Å². The molecule has 0 saturated carbocycles. The van der Waals surface area contributed by atoms with Crippen LogP contribution in [0.4, 0.5) is 0 Å². The summed E-state index contributed by atoms with van der Waals surface area (Å²) < 4.78 is 5.88. The molecule has 0 unspecified atom stereocenters. The van der Waals surface area contributed by atoms with Crippen molar-refractivity contribution in [1.29, 1.82) is 5.26 Å². The predicted molar refractivity (Wildman–Crippen MR) is 164 cm³/mol. The van der Waals surface area contributed by atoms with E-state index in [-0.39, 0.29) is 12.5 Å². The van der Waals surface area contributed by atoms with Crippen LogP contribution in [0.3, 0.4) is 0 Å². The van der Waals surface area contributed by atoms with Crippen LogP contribution >= 0.6 is 11.3 Å². The molecule has 6 nitrogen and oxygen atoms in total. The largest absolute Gasteiger partial charge is 0.469 e. The van der Waals surface area contributed by atoms with Gasteiger partial charge in [0, 0.05) is 30.1 Å². The lowest BCUT2D eigenvalue weighted by Crippen LogP contribution is -2.20. The van der Waals surface area contributed by atoms with Crippen LogP contribution in [0.2, 0.25) is 0 Å². The van der Waals surface area contributed by atoms with Gasteiger partial charge in [-0.25, -0.2) is 9.97 Å². The molecule has 7 heteroatoms. The molecule has 0 spiro atoms. The molecule has 0 fully saturated rings. The molecular weight excluding hydrogens is 540 g/mol. The Morgan fingerprint density at radius 3 is 2.21 bits per heavy atom. The van der Waals surface area contributed by atoms with Gasteiger partial charge in [0.1, 0.15) is 23.2 Å². The molecule has 206 valence electrons. The van der Waals surface area contributed by atoms with E-state index in [9.17, 15) is 10.1 Å². The summed E-state index contributed by atoms with van der Waals surface area (Å²) in [6.45, 7) is 11.1. The van der Waals surface area contributed by atoms with E-state index in [4.69, 9.17) is 4.74 Å². The maximum atomic E-state index is 10.9. The summed E-state index contributed by atoms with van der Waals surface area (Å²) in [7, 11) is 0. The first-order valence-corrected chi connectivity index (χ1v) is 13.6. The van der Waals surface area contributed by atoms with Gasteiger partial charge in [-0.15, -0.1) is 11.3 Å². The van der Waals surface area contributed by atoms with Crippen molar-refractivity contribution in [2.45, 2.75) is 39.7 Å². The first kappa shape index (κ1) is 32.5. The minimum absolute atomic E-state index is 0.000885. The van der Waals surface area contributed by atoms with Crippen molar-refractivity contribution in [2.75, 3.05) is 6.54 Å². The highest BCUT2D eigenvalue weighted by Gasteiger charge is 2.14. The van der Waals surface area contributed by atoms with E-state index in [1.54, 1.807) is 17.5 Å². The average molecular weight is 569 g/mol. The average Bonchev–Trinajstić information content (AvgIpc) is 3.36. The quantitative estimate of drug-likeness (QED) is 0.227. The van der Waals surface area contributed by atoms with Crippen LogP contribution < -0.4 is 10.1 Å². The third-order valence-corrected chi connectivity index (χ3v) is 6.20. The van der Waals surface area contributed by atoms with Crippen molar-refractivity contribution in [3.8, 4) is 23.1 Å². The maximum Gasteiger partial charge on any atom is 0.232 e. The summed E-state index contributed by atoms with van der Waals surface area (Å²) in [5.41, 5.74) is 27.7. The number of carbonyl (C=O) groups is 1. The molecule has 2 heterocycles. The number of ether oxygens (including phenoxy) is 1. The number of hydrogen-bond donors (Lipinski definition) is 1. The Bertz CT molecular complexity index is 1750. The van der Waals surface area contributed by atoms with Gasteiger partial charge in [-0.3, -0.25) is 4.79 Å². The van der Waals surface area contributed by atoms with Gasteiger partial charge in [0.15, 0.2) is 0 Å². The number of nitriles is 1. The number of thiazole rings is 1. The fourth-order valence-corrected chi connectivity index (χ4v) is 4.28. The van der Waals surface area contributed by atoms with Crippen molar-refractivity contribution in [3.05, 3.63) is 134 Å². The molecular formula is C35H28N4O2S. The van der Waals surface area contributed by atoms with E-state index < -0.39 is 0 Å². The normalized spacial score (nSPS) is 8.50. The number of amides is 1. The Morgan fingerprint density at radius 1 is 0.976 bits per heavy atom. The number of benzene rings is 1. The van der Waals surface area contributed by atoms with Gasteiger partial charge in [-0.1, -0.05) is 41.8 Å². The van der Waals surface area contributed by atoms with Crippen LogP contribution in [0.15, 0.2) is 113 Å². The zero-order valence-corrected chi connectivity index (χ0v) is 24.4. The number of nitrogens with zero attached hydrogens (tertiary/aromatic N) is 3. The standard InChI is InChI=1S/C23H24N4O2S.C12H4/c1-16-21(10-6-7-12-25-17(2)28)27-22(30-16)15-29-23-20(14-24)19(11-13-26-23)18-8-4-3-5-9-18;1-3-5-7-9-11-12-10-8-6-4-2/h3-5,8-9,11,13H,6-7,10,12,15H2,1-2H3,(H,25,28);1-2H2. The summed E-state index contributed by atoms with van der Waals surface area (Å²) in [5, 5.41) is 13.3. The minimum atomic E-state index is 0.000885. The van der Waals surface area contributed by atoms with Crippen LogP contribution in [0, 0.1) is 18.3 Å². The highest BCUT2D eigenvalue weighted by atomic mass is 32.1. The van der Waals surface area contributed by atoms with Gasteiger partial charge < -0.3 is 10.1 Å². The number of aryl methyl sites for hydroxylation is 2. The SMILES string of the molecule is C=C=C=C=C=C=C=C=C=C=C=C.CC(=O)NCCCCc1nc(COc2nccc(-c3ccccc3)c2C#N)sc1C. The monoisotopic (exact) mass is 568 g/mol. The summed E-state index contributed by atoms with van der Waals surface area (Å²) in [6.07, 6.45) is 4.41. The maximum absolute atomic E-state index is 10.9. The lowest BCUT2D eigenvalue weighted by Gasteiger charge is -2.09. The number of nitrogens with one attached hydrogen (secondary N) is 1. The third kappa shape index (κ3) is 12.0. The molecule has 1 N–H and O–H groups in total. The number of unbranched alkanes of at least 4 members (excludes halogenated alkanes) is 1. The van der Waals surface area contributed by atoms with Crippen molar-refractivity contribution in [3.63, 3.8) is 0 Å². The molecule has 3 aromatic rings. The molecule has 0 radical (unpaired) electrons. The van der Waals surface area contributed by atoms with Gasteiger partial charge in [0.05, 0.1) is 5.69 Å². The smallest absolute Gasteiger partial charge is 0.232 e. The van der Waals surface area contributed by atoms with Gasteiger partial charge in [-0.2, -0.15) is 5.26 Å². The molecule has 0 bridgehead atoms.